The van der Waals surface area contributed by atoms with E-state index in [9.17, 15) is 8.78 Å². The molecule has 0 fully saturated rings. The largest absolute Gasteiger partial charge is 0.325 e. The Kier molecular flexibility index (Phi) is 5.19. The Labute approximate surface area is 87.4 Å². The van der Waals surface area contributed by atoms with E-state index in [1.807, 2.05) is 18.2 Å². The molecule has 4 heteroatoms. The second-order valence-electron chi connectivity index (χ2n) is 3.31. The van der Waals surface area contributed by atoms with Gasteiger partial charge in [0.25, 0.3) is 0 Å². The molecule has 80 valence electrons. The highest BCUT2D eigenvalue weighted by atomic mass is 32.2. The molecule has 0 bridgehead atoms. The van der Waals surface area contributed by atoms with E-state index in [2.05, 4.69) is 0 Å². The average molecular weight is 219 g/mol. The first kappa shape index (κ1) is 11.7. The molecule has 0 aliphatic heterocycles. The zero-order valence-corrected chi connectivity index (χ0v) is 8.77. The fourth-order valence-electron chi connectivity index (χ4n) is 1.36. The lowest BCUT2D eigenvalue weighted by Gasteiger charge is -2.15. The van der Waals surface area contributed by atoms with Crippen LogP contribution in [0.15, 0.2) is 23.8 Å². The van der Waals surface area contributed by atoms with E-state index < -0.39 is 12.7 Å². The molecule has 0 heterocycles. The van der Waals surface area contributed by atoms with Gasteiger partial charge in [0.2, 0.25) is 0 Å². The standard InChI is InChI=1S/C10H15F2NS/c11-6-9(13)5-8-1-3-10(4-2-8)14-7-12/h1-3,9-10H,4-7,13H2. The number of nitrogens with two attached hydrogens (primary N) is 1. The van der Waals surface area contributed by atoms with Gasteiger partial charge in [-0.2, -0.15) is 0 Å². The first-order valence-electron chi connectivity index (χ1n) is 4.62. The highest BCUT2D eigenvalue weighted by molar-refractivity contribution is 7.99. The maximum absolute atomic E-state index is 12.1. The SMILES string of the molecule is NC(CF)CC1=CCC(SCF)C=C1. The molecule has 1 aliphatic rings. The zero-order chi connectivity index (χ0) is 10.4. The van der Waals surface area contributed by atoms with Crippen LogP contribution in [0.3, 0.4) is 0 Å². The van der Waals surface area contributed by atoms with Crippen molar-refractivity contribution in [2.75, 3.05) is 12.7 Å². The van der Waals surface area contributed by atoms with E-state index in [1.54, 1.807) is 0 Å². The Bertz CT molecular complexity index is 228. The summed E-state index contributed by atoms with van der Waals surface area (Å²) >= 11 is 1.28. The van der Waals surface area contributed by atoms with Crippen LogP contribution in [-0.2, 0) is 0 Å². The van der Waals surface area contributed by atoms with E-state index >= 15 is 0 Å². The number of halogens is 2. The lowest BCUT2D eigenvalue weighted by atomic mass is 10.0. The molecule has 0 amide bonds. The number of thioether (sulfide) groups is 1. The molecule has 0 aromatic carbocycles. The monoisotopic (exact) mass is 219 g/mol. The minimum atomic E-state index is -0.492. The van der Waals surface area contributed by atoms with E-state index in [0.717, 1.165) is 12.0 Å². The predicted octanol–water partition coefficient (Wildman–Crippen LogP) is 2.59. The summed E-state index contributed by atoms with van der Waals surface area (Å²) in [5.41, 5.74) is 6.54. The normalized spacial score (nSPS) is 23.4. The number of hydrogen-bond acceptors (Lipinski definition) is 2. The molecule has 0 spiro atoms. The number of hydrogen-bond donors (Lipinski definition) is 1. The molecule has 1 aliphatic carbocycles. The minimum absolute atomic E-state index is 0.227. The van der Waals surface area contributed by atoms with Crippen LogP contribution in [0.2, 0.25) is 0 Å². The summed E-state index contributed by atoms with van der Waals surface area (Å²) in [4.78, 5) is 0. The average Bonchev–Trinajstić information content (AvgIpc) is 2.21. The summed E-state index contributed by atoms with van der Waals surface area (Å²) in [5.74, 6) is 0. The van der Waals surface area contributed by atoms with Crippen LogP contribution in [0.25, 0.3) is 0 Å². The summed E-state index contributed by atoms with van der Waals surface area (Å²) in [7, 11) is 0. The Hall–Kier alpha value is -0.350. The minimum Gasteiger partial charge on any atom is -0.325 e. The smallest absolute Gasteiger partial charge is 0.136 e. The highest BCUT2D eigenvalue weighted by Crippen LogP contribution is 2.23. The number of alkyl halides is 2. The van der Waals surface area contributed by atoms with Gasteiger partial charge >= 0.3 is 0 Å². The lowest BCUT2D eigenvalue weighted by Crippen LogP contribution is -2.22. The van der Waals surface area contributed by atoms with Crippen LogP contribution in [0, 0.1) is 0 Å². The fraction of sp³-hybridized carbons (Fsp3) is 0.600. The quantitative estimate of drug-likeness (QED) is 0.769. The molecule has 0 saturated heterocycles. The van der Waals surface area contributed by atoms with E-state index in [4.69, 9.17) is 5.73 Å². The van der Waals surface area contributed by atoms with Gasteiger partial charge in [-0.05, 0) is 12.8 Å². The van der Waals surface area contributed by atoms with E-state index in [0.29, 0.717) is 6.42 Å². The zero-order valence-electron chi connectivity index (χ0n) is 7.96. The third-order valence-electron chi connectivity index (χ3n) is 2.11. The van der Waals surface area contributed by atoms with Crippen molar-refractivity contribution in [1.82, 2.24) is 0 Å². The van der Waals surface area contributed by atoms with Gasteiger partial charge in [-0.1, -0.05) is 23.8 Å². The topological polar surface area (TPSA) is 26.0 Å². The van der Waals surface area contributed by atoms with E-state index in [-0.39, 0.29) is 11.3 Å². The number of rotatable bonds is 5. The molecule has 2 unspecified atom stereocenters. The maximum Gasteiger partial charge on any atom is 0.136 e. The van der Waals surface area contributed by atoms with Crippen LogP contribution in [-0.4, -0.2) is 24.0 Å². The molecule has 1 nitrogen and oxygen atoms in total. The maximum atomic E-state index is 12.1. The van der Waals surface area contributed by atoms with Gasteiger partial charge in [0.05, 0.1) is 0 Å². The van der Waals surface area contributed by atoms with Gasteiger partial charge < -0.3 is 5.73 Å². The van der Waals surface area contributed by atoms with Gasteiger partial charge in [0.15, 0.2) is 0 Å². The molecule has 0 radical (unpaired) electrons. The van der Waals surface area contributed by atoms with Crippen LogP contribution < -0.4 is 5.73 Å². The number of allylic oxidation sites excluding steroid dienone is 2. The van der Waals surface area contributed by atoms with Crippen molar-refractivity contribution in [2.24, 2.45) is 5.73 Å². The molecular formula is C10H15F2NS. The Morgan fingerprint density at radius 2 is 2.36 bits per heavy atom. The summed E-state index contributed by atoms with van der Waals surface area (Å²) in [6, 6.07) is -0.765. The van der Waals surface area contributed by atoms with Crippen LogP contribution in [0.4, 0.5) is 8.78 Å². The van der Waals surface area contributed by atoms with Crippen LogP contribution >= 0.6 is 11.8 Å². The molecule has 2 N–H and O–H groups in total. The molecule has 0 saturated carbocycles. The van der Waals surface area contributed by atoms with E-state index in [1.165, 1.54) is 11.8 Å². The molecule has 14 heavy (non-hydrogen) atoms. The highest BCUT2D eigenvalue weighted by Gasteiger charge is 2.10. The van der Waals surface area contributed by atoms with Crippen LogP contribution in [0.5, 0.6) is 0 Å². The van der Waals surface area contributed by atoms with Crippen molar-refractivity contribution in [1.29, 1.82) is 0 Å². The van der Waals surface area contributed by atoms with Gasteiger partial charge in [0, 0.05) is 11.3 Å². The summed E-state index contributed by atoms with van der Waals surface area (Å²) < 4.78 is 24.1. The Morgan fingerprint density at radius 1 is 1.57 bits per heavy atom. The van der Waals surface area contributed by atoms with Crippen molar-refractivity contribution in [3.63, 3.8) is 0 Å². The summed E-state index contributed by atoms with van der Waals surface area (Å²) in [6.45, 7) is -0.492. The molecular weight excluding hydrogens is 204 g/mol. The van der Waals surface area contributed by atoms with Crippen molar-refractivity contribution in [2.45, 2.75) is 24.1 Å². The summed E-state index contributed by atoms with van der Waals surface area (Å²) in [6.07, 6.45) is 7.29. The third-order valence-corrected chi connectivity index (χ3v) is 3.01. The lowest BCUT2D eigenvalue weighted by molar-refractivity contribution is 0.427. The molecule has 1 rings (SSSR count). The Balaban J connectivity index is 2.35. The van der Waals surface area contributed by atoms with Crippen molar-refractivity contribution < 1.29 is 8.78 Å². The molecule has 0 aromatic heterocycles. The van der Waals surface area contributed by atoms with Crippen molar-refractivity contribution in [3.05, 3.63) is 23.8 Å². The third kappa shape index (κ3) is 3.80. The van der Waals surface area contributed by atoms with Crippen molar-refractivity contribution >= 4 is 11.8 Å². The van der Waals surface area contributed by atoms with Crippen molar-refractivity contribution in [3.8, 4) is 0 Å². The summed E-state index contributed by atoms with van der Waals surface area (Å²) in [5, 5.41) is 0.227. The van der Waals surface area contributed by atoms with Gasteiger partial charge in [-0.3, -0.25) is 0 Å². The fourth-order valence-corrected chi connectivity index (χ4v) is 1.94. The molecule has 0 aromatic rings. The second-order valence-corrected chi connectivity index (χ2v) is 4.46. The first-order chi connectivity index (χ1) is 6.76. The first-order valence-corrected chi connectivity index (χ1v) is 5.67. The molecule has 2 atom stereocenters. The van der Waals surface area contributed by atoms with Crippen LogP contribution in [0.1, 0.15) is 12.8 Å². The second kappa shape index (κ2) is 6.19. The van der Waals surface area contributed by atoms with Gasteiger partial charge in [0.1, 0.15) is 12.7 Å². The Morgan fingerprint density at radius 3 is 2.86 bits per heavy atom. The van der Waals surface area contributed by atoms with Gasteiger partial charge in [-0.25, -0.2) is 8.78 Å². The van der Waals surface area contributed by atoms with Gasteiger partial charge in [-0.15, -0.1) is 11.8 Å². The predicted molar refractivity (Wildman–Crippen MR) is 57.8 cm³/mol.